The van der Waals surface area contributed by atoms with Crippen LogP contribution in [0.2, 0.25) is 0 Å². The second-order valence-corrected chi connectivity index (χ2v) is 11.2. The fourth-order valence-corrected chi connectivity index (χ4v) is 5.98. The molecule has 0 spiro atoms. The molecule has 1 atom stereocenters. The predicted molar refractivity (Wildman–Crippen MR) is 156 cm³/mol. The van der Waals surface area contributed by atoms with Gasteiger partial charge in [-0.1, -0.05) is 32.2 Å². The van der Waals surface area contributed by atoms with Crippen molar-refractivity contribution in [3.63, 3.8) is 0 Å². The first-order valence-electron chi connectivity index (χ1n) is 14.1. The van der Waals surface area contributed by atoms with E-state index in [1.54, 1.807) is 12.1 Å². The van der Waals surface area contributed by atoms with Gasteiger partial charge >= 0.3 is 0 Å². The zero-order valence-corrected chi connectivity index (χ0v) is 23.1. The van der Waals surface area contributed by atoms with E-state index in [1.807, 2.05) is 6.07 Å². The zero-order chi connectivity index (χ0) is 26.8. The van der Waals surface area contributed by atoms with Crippen molar-refractivity contribution < 1.29 is 4.39 Å². The second-order valence-electron chi connectivity index (χ2n) is 11.2. The van der Waals surface area contributed by atoms with Gasteiger partial charge in [0.05, 0.1) is 6.04 Å². The van der Waals surface area contributed by atoms with Gasteiger partial charge < -0.3 is 20.0 Å². The van der Waals surface area contributed by atoms with Crippen LogP contribution < -0.4 is 5.32 Å². The molecule has 6 heteroatoms. The lowest BCUT2D eigenvalue weighted by Crippen LogP contribution is -2.40. The number of likely N-dealkylation sites (N-methyl/N-ethyl adjacent to an activating group) is 1. The molecular weight excluding hydrogens is 473 g/mol. The smallest absolute Gasteiger partial charge is 0.134 e. The minimum absolute atomic E-state index is 0.107. The van der Waals surface area contributed by atoms with E-state index in [9.17, 15) is 4.39 Å². The highest BCUT2D eigenvalue weighted by molar-refractivity contribution is 5.99. The Morgan fingerprint density at radius 3 is 2.55 bits per heavy atom. The van der Waals surface area contributed by atoms with Crippen molar-refractivity contribution in [2.24, 2.45) is 10.9 Å². The molecule has 0 amide bonds. The van der Waals surface area contributed by atoms with Gasteiger partial charge in [0.25, 0.3) is 0 Å². The number of halogens is 1. The van der Waals surface area contributed by atoms with Gasteiger partial charge in [-0.15, -0.1) is 0 Å². The van der Waals surface area contributed by atoms with Gasteiger partial charge in [-0.3, -0.25) is 0 Å². The Morgan fingerprint density at radius 1 is 0.974 bits per heavy atom. The minimum atomic E-state index is -0.230. The number of nitrogens with zero attached hydrogens (tertiary/aromatic N) is 4. The lowest BCUT2D eigenvalue weighted by atomic mass is 9.81. The van der Waals surface area contributed by atoms with E-state index in [0.717, 1.165) is 91.5 Å². The summed E-state index contributed by atoms with van der Waals surface area (Å²) in [5.74, 6) is 2.40. The number of aliphatic imine (C=N–C) groups is 1. The summed E-state index contributed by atoms with van der Waals surface area (Å²) in [4.78, 5) is 12.0. The number of hydrogen-bond donors (Lipinski definition) is 1. The first-order chi connectivity index (χ1) is 18.3. The van der Waals surface area contributed by atoms with Crippen LogP contribution in [0.3, 0.4) is 0 Å². The van der Waals surface area contributed by atoms with Gasteiger partial charge in [0.15, 0.2) is 0 Å². The van der Waals surface area contributed by atoms with Crippen LogP contribution in [0.15, 0.2) is 78.0 Å². The molecule has 2 bridgehead atoms. The Bertz CT molecular complexity index is 1200. The Kier molecular flexibility index (Phi) is 7.78. The number of benzene rings is 1. The normalized spacial score (nSPS) is 25.2. The molecule has 5 nitrogen and oxygen atoms in total. The quantitative estimate of drug-likeness (QED) is 0.493. The SMILES string of the molecule is C=C1CCc2ccc(F)cc2C(=C)N2CCCCC2C(=C)/C=C2/N=C(C3CCC3)C=C(N(C)CCN1)N2C. The molecule has 5 rings (SSSR count). The summed E-state index contributed by atoms with van der Waals surface area (Å²) < 4.78 is 14.5. The van der Waals surface area contributed by atoms with Crippen LogP contribution in [0, 0.1) is 11.7 Å². The van der Waals surface area contributed by atoms with Crippen molar-refractivity contribution in [3.8, 4) is 0 Å². The van der Waals surface area contributed by atoms with E-state index in [1.165, 1.54) is 25.0 Å². The summed E-state index contributed by atoms with van der Waals surface area (Å²) >= 11 is 0. The molecule has 2 fully saturated rings. The van der Waals surface area contributed by atoms with Gasteiger partial charge in [0, 0.05) is 68.4 Å². The van der Waals surface area contributed by atoms with E-state index < -0.39 is 0 Å². The topological polar surface area (TPSA) is 34.1 Å². The maximum absolute atomic E-state index is 14.5. The molecule has 1 saturated heterocycles. The average Bonchev–Trinajstić information content (AvgIpc) is 2.87. The first-order valence-corrected chi connectivity index (χ1v) is 14.1. The lowest BCUT2D eigenvalue weighted by molar-refractivity contribution is 0.259. The number of aryl methyl sites for hydroxylation is 1. The van der Waals surface area contributed by atoms with Gasteiger partial charge in [-0.05, 0) is 74.3 Å². The standard InChI is InChI=1S/C32H42FN5/c1-22-19-31-35-29(26-9-8-10-26)21-32(37(31)5)36(4)18-16-34-23(2)12-13-25-14-15-27(33)20-28(25)24(3)38-17-7-6-11-30(22)38/h14-15,19-21,26,30,34H,1-3,6-13,16-18H2,4-5H3/b31-19-. The van der Waals surface area contributed by atoms with E-state index in [4.69, 9.17) is 4.99 Å². The number of nitrogens with one attached hydrogen (secondary N) is 1. The van der Waals surface area contributed by atoms with Gasteiger partial charge in [-0.2, -0.15) is 0 Å². The second kappa shape index (κ2) is 11.2. The van der Waals surface area contributed by atoms with Crippen LogP contribution in [-0.2, 0) is 6.42 Å². The lowest BCUT2D eigenvalue weighted by Gasteiger charge is -2.40. The Hall–Kier alpha value is -3.28. The van der Waals surface area contributed by atoms with E-state index >= 15 is 0 Å². The van der Waals surface area contributed by atoms with Gasteiger partial charge in [0.2, 0.25) is 0 Å². The first kappa shape index (κ1) is 26.3. The molecule has 1 aliphatic carbocycles. The molecule has 3 heterocycles. The predicted octanol–water partition coefficient (Wildman–Crippen LogP) is 6.06. The van der Waals surface area contributed by atoms with Crippen molar-refractivity contribution in [3.05, 3.63) is 89.9 Å². The maximum Gasteiger partial charge on any atom is 0.134 e. The number of rotatable bonds is 1. The highest BCUT2D eigenvalue weighted by Gasteiger charge is 2.30. The Balaban J connectivity index is 1.54. The fraction of sp³-hybridized carbons (Fsp3) is 0.469. The van der Waals surface area contributed by atoms with Gasteiger partial charge in [-0.25, -0.2) is 9.38 Å². The number of allylic oxidation sites excluding steroid dienone is 2. The molecule has 1 aromatic carbocycles. The molecule has 202 valence electrons. The summed E-state index contributed by atoms with van der Waals surface area (Å²) in [6.45, 7) is 15.8. The van der Waals surface area contributed by atoms with E-state index in [2.05, 4.69) is 66.0 Å². The zero-order valence-electron chi connectivity index (χ0n) is 23.1. The molecule has 0 radical (unpaired) electrons. The summed E-state index contributed by atoms with van der Waals surface area (Å²) in [5, 5.41) is 3.51. The molecule has 38 heavy (non-hydrogen) atoms. The van der Waals surface area contributed by atoms with Crippen molar-refractivity contribution in [1.29, 1.82) is 0 Å². The average molecular weight is 516 g/mol. The third-order valence-corrected chi connectivity index (χ3v) is 8.62. The third-order valence-electron chi connectivity index (χ3n) is 8.62. The summed E-state index contributed by atoms with van der Waals surface area (Å²) in [5.41, 5.74) is 6.08. The molecule has 1 saturated carbocycles. The molecule has 0 aromatic heterocycles. The van der Waals surface area contributed by atoms with Crippen LogP contribution in [0.4, 0.5) is 4.39 Å². The van der Waals surface area contributed by atoms with E-state index in [0.29, 0.717) is 5.92 Å². The third kappa shape index (κ3) is 5.45. The highest BCUT2D eigenvalue weighted by Crippen LogP contribution is 2.36. The van der Waals surface area contributed by atoms with Crippen molar-refractivity contribution in [1.82, 2.24) is 20.0 Å². The monoisotopic (exact) mass is 515 g/mol. The Labute approximate surface area is 227 Å². The van der Waals surface area contributed by atoms with Crippen molar-refractivity contribution >= 4 is 11.4 Å². The van der Waals surface area contributed by atoms with E-state index in [-0.39, 0.29) is 11.9 Å². The van der Waals surface area contributed by atoms with Crippen LogP contribution in [-0.4, -0.2) is 60.2 Å². The maximum atomic E-state index is 14.5. The van der Waals surface area contributed by atoms with Crippen LogP contribution in [0.5, 0.6) is 0 Å². The number of piperidine rings is 1. The van der Waals surface area contributed by atoms with Crippen LogP contribution >= 0.6 is 0 Å². The molecule has 1 unspecified atom stereocenters. The summed E-state index contributed by atoms with van der Waals surface area (Å²) in [7, 11) is 4.24. The van der Waals surface area contributed by atoms with Crippen molar-refractivity contribution in [2.75, 3.05) is 33.7 Å². The summed E-state index contributed by atoms with van der Waals surface area (Å²) in [6, 6.07) is 5.21. The number of fused-ring (bicyclic) bond motifs is 4. The molecule has 1 N–H and O–H groups in total. The van der Waals surface area contributed by atoms with Crippen molar-refractivity contribution in [2.45, 2.75) is 57.4 Å². The van der Waals surface area contributed by atoms with Crippen LogP contribution in [0.1, 0.15) is 56.1 Å². The molecular formula is C32H42FN5. The highest BCUT2D eigenvalue weighted by atomic mass is 19.1. The molecule has 1 aromatic rings. The largest absolute Gasteiger partial charge is 0.387 e. The van der Waals surface area contributed by atoms with Crippen LogP contribution in [0.25, 0.3) is 5.70 Å². The fourth-order valence-electron chi connectivity index (χ4n) is 5.98. The summed E-state index contributed by atoms with van der Waals surface area (Å²) in [6.07, 6.45) is 12.9. The molecule has 4 aliphatic rings. The number of hydrogen-bond acceptors (Lipinski definition) is 5. The minimum Gasteiger partial charge on any atom is -0.387 e. The Morgan fingerprint density at radius 2 is 1.79 bits per heavy atom. The molecule has 3 aliphatic heterocycles. The van der Waals surface area contributed by atoms with Gasteiger partial charge in [0.1, 0.15) is 17.5 Å².